The molecule has 0 bridgehead atoms. The molecule has 0 spiro atoms. The van der Waals surface area contributed by atoms with Gasteiger partial charge in [0.2, 0.25) is 0 Å². The summed E-state index contributed by atoms with van der Waals surface area (Å²) in [7, 11) is 1.96. The Labute approximate surface area is 164 Å². The fourth-order valence-electron chi connectivity index (χ4n) is 5.25. The Morgan fingerprint density at radius 1 is 1.21 bits per heavy atom. The van der Waals surface area contributed by atoms with E-state index in [1.165, 1.54) is 0 Å². The number of aromatic nitrogens is 3. The lowest BCUT2D eigenvalue weighted by atomic mass is 9.68. The SMILES string of the molecule is CN1CCC[C@]2(C(=O)O)CCN(C(=O)c3cn(C4CCC(N)CC4)nn3)C[C@@H]12. The van der Waals surface area contributed by atoms with E-state index < -0.39 is 11.4 Å². The summed E-state index contributed by atoms with van der Waals surface area (Å²) in [5.41, 5.74) is 5.57. The lowest BCUT2D eigenvalue weighted by Gasteiger charge is -2.51. The minimum atomic E-state index is -0.748. The van der Waals surface area contributed by atoms with Crippen molar-refractivity contribution < 1.29 is 14.7 Å². The van der Waals surface area contributed by atoms with Crippen molar-refractivity contribution in [1.29, 1.82) is 0 Å². The summed E-state index contributed by atoms with van der Waals surface area (Å²) in [5.74, 6) is -0.894. The summed E-state index contributed by atoms with van der Waals surface area (Å²) in [6, 6.07) is 0.349. The fraction of sp³-hybridized carbons (Fsp3) is 0.789. The quantitative estimate of drug-likeness (QED) is 0.781. The van der Waals surface area contributed by atoms with Crippen LogP contribution in [0.25, 0.3) is 0 Å². The molecule has 2 atom stereocenters. The van der Waals surface area contributed by atoms with Crippen LogP contribution in [0.1, 0.15) is 61.5 Å². The molecular weight excluding hydrogens is 360 g/mol. The summed E-state index contributed by atoms with van der Waals surface area (Å²) < 4.78 is 1.80. The number of hydrogen-bond acceptors (Lipinski definition) is 6. The van der Waals surface area contributed by atoms with Crippen LogP contribution >= 0.6 is 0 Å². The number of rotatable bonds is 3. The maximum Gasteiger partial charge on any atom is 0.311 e. The number of nitrogens with two attached hydrogens (primary N) is 1. The van der Waals surface area contributed by atoms with Gasteiger partial charge >= 0.3 is 5.97 Å². The molecule has 1 saturated carbocycles. The van der Waals surface area contributed by atoms with Crippen LogP contribution in [-0.4, -0.2) is 80.5 Å². The van der Waals surface area contributed by atoms with E-state index in [9.17, 15) is 14.7 Å². The van der Waals surface area contributed by atoms with E-state index in [2.05, 4.69) is 15.2 Å². The van der Waals surface area contributed by atoms with Crippen molar-refractivity contribution in [2.45, 2.75) is 63.1 Å². The first-order chi connectivity index (χ1) is 13.4. The number of carboxylic acids is 1. The van der Waals surface area contributed by atoms with Crippen molar-refractivity contribution in [1.82, 2.24) is 24.8 Å². The second kappa shape index (κ2) is 7.44. The van der Waals surface area contributed by atoms with Gasteiger partial charge in [0.25, 0.3) is 5.91 Å². The Morgan fingerprint density at radius 3 is 2.68 bits per heavy atom. The molecule has 3 N–H and O–H groups in total. The molecule has 1 aliphatic carbocycles. The Balaban J connectivity index is 1.47. The van der Waals surface area contributed by atoms with Crippen LogP contribution in [0.2, 0.25) is 0 Å². The molecule has 0 aromatic carbocycles. The van der Waals surface area contributed by atoms with Crippen LogP contribution in [0.5, 0.6) is 0 Å². The number of carbonyl (C=O) groups is 2. The molecule has 0 unspecified atom stereocenters. The molecule has 2 saturated heterocycles. The van der Waals surface area contributed by atoms with Crippen molar-refractivity contribution in [3.63, 3.8) is 0 Å². The van der Waals surface area contributed by atoms with E-state index in [1.807, 2.05) is 7.05 Å². The third-order valence-corrected chi connectivity index (χ3v) is 7.08. The van der Waals surface area contributed by atoms with Crippen LogP contribution in [0, 0.1) is 5.41 Å². The summed E-state index contributed by atoms with van der Waals surface area (Å²) >= 11 is 0. The summed E-state index contributed by atoms with van der Waals surface area (Å²) in [6.07, 6.45) is 7.62. The molecule has 154 valence electrons. The van der Waals surface area contributed by atoms with E-state index in [-0.39, 0.29) is 24.0 Å². The third-order valence-electron chi connectivity index (χ3n) is 7.08. The molecule has 1 aromatic rings. The Bertz CT molecular complexity index is 744. The minimum Gasteiger partial charge on any atom is -0.481 e. The second-order valence-corrected chi connectivity index (χ2v) is 8.71. The average molecular weight is 390 g/mol. The van der Waals surface area contributed by atoms with Gasteiger partial charge in [0.1, 0.15) is 0 Å². The van der Waals surface area contributed by atoms with Gasteiger partial charge in [-0.05, 0) is 58.5 Å². The number of likely N-dealkylation sites (N-methyl/N-ethyl adjacent to an activating group) is 1. The van der Waals surface area contributed by atoms with Gasteiger partial charge in [0, 0.05) is 25.2 Å². The summed E-state index contributed by atoms with van der Waals surface area (Å²) in [5, 5.41) is 18.2. The van der Waals surface area contributed by atoms with Gasteiger partial charge in [-0.1, -0.05) is 5.21 Å². The zero-order chi connectivity index (χ0) is 19.9. The number of nitrogens with zero attached hydrogens (tertiary/aromatic N) is 5. The molecule has 3 aliphatic rings. The minimum absolute atomic E-state index is 0.156. The van der Waals surface area contributed by atoms with Crippen LogP contribution in [0.4, 0.5) is 0 Å². The van der Waals surface area contributed by atoms with Crippen molar-refractivity contribution in [2.75, 3.05) is 26.7 Å². The number of carboxylic acid groups (broad SMARTS) is 1. The average Bonchev–Trinajstić information content (AvgIpc) is 3.18. The van der Waals surface area contributed by atoms with Gasteiger partial charge in [-0.25, -0.2) is 4.68 Å². The molecule has 1 aromatic heterocycles. The lowest BCUT2D eigenvalue weighted by molar-refractivity contribution is -0.161. The largest absolute Gasteiger partial charge is 0.481 e. The van der Waals surface area contributed by atoms with Crippen LogP contribution < -0.4 is 5.73 Å². The highest BCUT2D eigenvalue weighted by atomic mass is 16.4. The van der Waals surface area contributed by atoms with Crippen LogP contribution in [0.15, 0.2) is 6.20 Å². The van der Waals surface area contributed by atoms with Gasteiger partial charge < -0.3 is 20.6 Å². The van der Waals surface area contributed by atoms with Gasteiger partial charge in [0.05, 0.1) is 17.7 Å². The van der Waals surface area contributed by atoms with Crippen LogP contribution in [0.3, 0.4) is 0 Å². The molecule has 3 fully saturated rings. The van der Waals surface area contributed by atoms with E-state index in [1.54, 1.807) is 15.8 Å². The lowest BCUT2D eigenvalue weighted by Crippen LogP contribution is -2.63. The van der Waals surface area contributed by atoms with Gasteiger partial charge in [-0.15, -0.1) is 5.10 Å². The van der Waals surface area contributed by atoms with E-state index in [4.69, 9.17) is 5.73 Å². The zero-order valence-corrected chi connectivity index (χ0v) is 16.5. The summed E-state index contributed by atoms with van der Waals surface area (Å²) in [6.45, 7) is 1.73. The molecule has 28 heavy (non-hydrogen) atoms. The maximum absolute atomic E-state index is 13.0. The van der Waals surface area contributed by atoms with Crippen molar-refractivity contribution >= 4 is 11.9 Å². The molecule has 9 nitrogen and oxygen atoms in total. The molecule has 9 heteroatoms. The smallest absolute Gasteiger partial charge is 0.311 e. The molecule has 3 heterocycles. The monoisotopic (exact) mass is 390 g/mol. The predicted octanol–water partition coefficient (Wildman–Crippen LogP) is 0.732. The number of amides is 1. The normalized spacial score (nSPS) is 34.1. The first-order valence-corrected chi connectivity index (χ1v) is 10.3. The predicted molar refractivity (Wildman–Crippen MR) is 102 cm³/mol. The first-order valence-electron chi connectivity index (χ1n) is 10.3. The van der Waals surface area contributed by atoms with Crippen LogP contribution in [-0.2, 0) is 4.79 Å². The standard InChI is InChI=1S/C19H30N6O3/c1-23-9-2-7-19(18(27)28)8-10-24(12-16(19)23)17(26)15-11-25(22-21-15)14-5-3-13(20)4-6-14/h11,13-14,16H,2-10,12,20H2,1H3,(H,27,28)/t13?,14?,16-,19+/m1/s1. The fourth-order valence-corrected chi connectivity index (χ4v) is 5.25. The van der Waals surface area contributed by atoms with E-state index in [0.29, 0.717) is 31.6 Å². The highest BCUT2D eigenvalue weighted by molar-refractivity contribution is 5.92. The number of aliphatic carboxylic acids is 1. The molecular formula is C19H30N6O3. The van der Waals surface area contributed by atoms with Gasteiger partial charge in [-0.2, -0.15) is 0 Å². The number of likely N-dealkylation sites (tertiary alicyclic amines) is 2. The topological polar surface area (TPSA) is 118 Å². The van der Waals surface area contributed by atoms with Gasteiger partial charge in [0.15, 0.2) is 5.69 Å². The highest BCUT2D eigenvalue weighted by Crippen LogP contribution is 2.42. The third kappa shape index (κ3) is 3.30. The number of fused-ring (bicyclic) bond motifs is 1. The van der Waals surface area contributed by atoms with Crippen molar-refractivity contribution in [3.8, 4) is 0 Å². The second-order valence-electron chi connectivity index (χ2n) is 8.71. The highest BCUT2D eigenvalue weighted by Gasteiger charge is 2.53. The summed E-state index contributed by atoms with van der Waals surface area (Å²) in [4.78, 5) is 28.9. The first kappa shape index (κ1) is 19.3. The Hall–Kier alpha value is -2.00. The number of carbonyl (C=O) groups excluding carboxylic acids is 1. The number of piperidine rings is 2. The maximum atomic E-state index is 13.0. The number of hydrogen-bond donors (Lipinski definition) is 2. The molecule has 4 rings (SSSR count). The Morgan fingerprint density at radius 2 is 1.96 bits per heavy atom. The molecule has 1 amide bonds. The van der Waals surface area contributed by atoms with Crippen molar-refractivity contribution in [3.05, 3.63) is 11.9 Å². The Kier molecular flexibility index (Phi) is 5.13. The van der Waals surface area contributed by atoms with E-state index in [0.717, 1.165) is 38.6 Å². The van der Waals surface area contributed by atoms with Gasteiger partial charge in [-0.3, -0.25) is 9.59 Å². The molecule has 2 aliphatic heterocycles. The zero-order valence-electron chi connectivity index (χ0n) is 16.5. The molecule has 0 radical (unpaired) electrons. The van der Waals surface area contributed by atoms with E-state index >= 15 is 0 Å². The van der Waals surface area contributed by atoms with Crippen molar-refractivity contribution in [2.24, 2.45) is 11.1 Å².